The Morgan fingerprint density at radius 2 is 1.67 bits per heavy atom. The highest BCUT2D eigenvalue weighted by Gasteiger charge is 2.38. The molecule has 0 amide bonds. The first-order valence-electron chi connectivity index (χ1n) is 3.54. The quantitative estimate of drug-likeness (QED) is 0.646. The lowest BCUT2D eigenvalue weighted by Crippen LogP contribution is -2.29. The molecule has 0 aliphatic carbocycles. The van der Waals surface area contributed by atoms with E-state index in [0.29, 0.717) is 0 Å². The van der Waals surface area contributed by atoms with Gasteiger partial charge in [0.05, 0.1) is 5.92 Å². The van der Waals surface area contributed by atoms with Gasteiger partial charge in [-0.1, -0.05) is 6.92 Å². The number of rotatable bonds is 4. The van der Waals surface area contributed by atoms with Crippen molar-refractivity contribution >= 4 is 9.28 Å². The maximum absolute atomic E-state index is 12.0. The molecule has 0 fully saturated rings. The van der Waals surface area contributed by atoms with E-state index in [9.17, 15) is 13.2 Å². The molecule has 12 heavy (non-hydrogen) atoms. The Morgan fingerprint density at radius 3 is 1.92 bits per heavy atom. The van der Waals surface area contributed by atoms with E-state index in [4.69, 9.17) is 8.85 Å². The molecule has 0 aromatic rings. The molecule has 6 heteroatoms. The zero-order chi connectivity index (χ0) is 9.78. The summed E-state index contributed by atoms with van der Waals surface area (Å²) in [6, 6.07) is -0.0312. The molecule has 2 nitrogen and oxygen atoms in total. The summed E-state index contributed by atoms with van der Waals surface area (Å²) in [6.07, 6.45) is -4.14. The predicted octanol–water partition coefficient (Wildman–Crippen LogP) is 1.70. The number of halogens is 3. The summed E-state index contributed by atoms with van der Waals surface area (Å²) >= 11 is 0. The van der Waals surface area contributed by atoms with Crippen molar-refractivity contribution in [3.63, 3.8) is 0 Å². The first kappa shape index (κ1) is 11.9. The van der Waals surface area contributed by atoms with E-state index in [2.05, 4.69) is 0 Å². The highest BCUT2D eigenvalue weighted by molar-refractivity contribution is 6.44. The Kier molecular flexibility index (Phi) is 4.80. The van der Waals surface area contributed by atoms with E-state index in [-0.39, 0.29) is 6.04 Å². The molecule has 0 spiro atoms. The molecule has 0 heterocycles. The number of alkyl halides is 3. The maximum Gasteiger partial charge on any atom is 0.391 e. The van der Waals surface area contributed by atoms with Gasteiger partial charge in [0.25, 0.3) is 0 Å². The molecule has 74 valence electrons. The normalized spacial score (nSPS) is 15.2. The average Bonchev–Trinajstić information content (AvgIpc) is 1.97. The van der Waals surface area contributed by atoms with Gasteiger partial charge in [-0.2, -0.15) is 13.2 Å². The van der Waals surface area contributed by atoms with Crippen LogP contribution in [0.5, 0.6) is 0 Å². The largest absolute Gasteiger partial charge is 0.400 e. The highest BCUT2D eigenvalue weighted by atomic mass is 28.3. The second-order valence-electron chi connectivity index (χ2n) is 2.58. The molecule has 0 N–H and O–H groups in total. The summed E-state index contributed by atoms with van der Waals surface area (Å²) in [5.74, 6) is -1.34. The van der Waals surface area contributed by atoms with Crippen LogP contribution in [-0.2, 0) is 8.85 Å². The Labute approximate surface area is 71.5 Å². The molecule has 1 unspecified atom stereocenters. The van der Waals surface area contributed by atoms with Crippen molar-refractivity contribution in [2.24, 2.45) is 5.92 Å². The van der Waals surface area contributed by atoms with E-state index in [1.807, 2.05) is 0 Å². The van der Waals surface area contributed by atoms with Crippen LogP contribution in [-0.4, -0.2) is 29.7 Å². The van der Waals surface area contributed by atoms with E-state index < -0.39 is 21.4 Å². The molecule has 0 aliphatic rings. The van der Waals surface area contributed by atoms with E-state index >= 15 is 0 Å². The van der Waals surface area contributed by atoms with Crippen LogP contribution in [0, 0.1) is 5.92 Å². The van der Waals surface area contributed by atoms with Crippen molar-refractivity contribution in [1.29, 1.82) is 0 Å². The van der Waals surface area contributed by atoms with Crippen LogP contribution in [0.25, 0.3) is 0 Å². The van der Waals surface area contributed by atoms with Gasteiger partial charge >= 0.3 is 15.5 Å². The lowest BCUT2D eigenvalue weighted by molar-refractivity contribution is -0.165. The zero-order valence-electron chi connectivity index (χ0n) is 7.31. The lowest BCUT2D eigenvalue weighted by Gasteiger charge is -2.18. The minimum atomic E-state index is -4.14. The number of hydrogen-bond acceptors (Lipinski definition) is 2. The minimum Gasteiger partial charge on any atom is -0.400 e. The Morgan fingerprint density at radius 1 is 1.25 bits per heavy atom. The van der Waals surface area contributed by atoms with Crippen molar-refractivity contribution < 1.29 is 22.0 Å². The van der Waals surface area contributed by atoms with Gasteiger partial charge in [-0.3, -0.25) is 0 Å². The van der Waals surface area contributed by atoms with Crippen LogP contribution in [0.2, 0.25) is 6.04 Å². The van der Waals surface area contributed by atoms with E-state index in [0.717, 1.165) is 6.92 Å². The van der Waals surface area contributed by atoms with Gasteiger partial charge < -0.3 is 8.85 Å². The lowest BCUT2D eigenvalue weighted by atomic mass is 10.2. The monoisotopic (exact) mass is 202 g/mol. The Hall–Kier alpha value is -0.0731. The number of hydrogen-bond donors (Lipinski definition) is 0. The molecule has 0 radical (unpaired) electrons. The van der Waals surface area contributed by atoms with Crippen molar-refractivity contribution in [3.8, 4) is 0 Å². The van der Waals surface area contributed by atoms with Gasteiger partial charge in [0.15, 0.2) is 0 Å². The van der Waals surface area contributed by atoms with Crippen LogP contribution >= 0.6 is 0 Å². The maximum atomic E-state index is 12.0. The summed E-state index contributed by atoms with van der Waals surface area (Å²) in [7, 11) is 0.687. The highest BCUT2D eigenvalue weighted by Crippen LogP contribution is 2.29. The fraction of sp³-hybridized carbons (Fsp3) is 1.00. The smallest absolute Gasteiger partial charge is 0.391 e. The first-order chi connectivity index (χ1) is 5.41. The van der Waals surface area contributed by atoms with Crippen molar-refractivity contribution in [1.82, 2.24) is 0 Å². The molecular weight excluding hydrogens is 189 g/mol. The molecule has 0 saturated carbocycles. The zero-order valence-corrected chi connectivity index (χ0v) is 8.47. The summed E-state index contributed by atoms with van der Waals surface area (Å²) in [4.78, 5) is 0. The fourth-order valence-electron chi connectivity index (χ4n) is 0.711. The second-order valence-corrected chi connectivity index (χ2v) is 4.85. The molecule has 0 rings (SSSR count). The topological polar surface area (TPSA) is 18.5 Å². The van der Waals surface area contributed by atoms with Crippen LogP contribution in [0.1, 0.15) is 6.92 Å². The van der Waals surface area contributed by atoms with Crippen molar-refractivity contribution in [3.05, 3.63) is 0 Å². The molecular formula is C6H13F3O2Si. The Balaban J connectivity index is 3.90. The third-order valence-electron chi connectivity index (χ3n) is 1.63. The standard InChI is InChI=1S/C6H13F3O2Si/c1-5(6(7,8)9)4-12(10-2)11-3/h5,12H,4H2,1-3H3. The summed E-state index contributed by atoms with van der Waals surface area (Å²) < 4.78 is 45.5. The third kappa shape index (κ3) is 4.08. The molecule has 0 bridgehead atoms. The minimum absolute atomic E-state index is 0.0312. The third-order valence-corrected chi connectivity index (χ3v) is 3.77. The second kappa shape index (κ2) is 4.83. The molecule has 0 aromatic heterocycles. The summed E-state index contributed by atoms with van der Waals surface area (Å²) in [5, 5.41) is 0. The SMILES string of the molecule is CO[SiH](CC(C)C(F)(F)F)OC. The van der Waals surface area contributed by atoms with Gasteiger partial charge in [-0.25, -0.2) is 0 Å². The molecule has 0 saturated heterocycles. The van der Waals surface area contributed by atoms with Gasteiger partial charge in [-0.15, -0.1) is 0 Å². The Bertz CT molecular complexity index is 124. The van der Waals surface area contributed by atoms with Crippen LogP contribution in [0.15, 0.2) is 0 Å². The van der Waals surface area contributed by atoms with Crippen molar-refractivity contribution in [2.45, 2.75) is 19.1 Å². The van der Waals surface area contributed by atoms with E-state index in [1.54, 1.807) is 0 Å². The molecule has 1 atom stereocenters. The van der Waals surface area contributed by atoms with Crippen LogP contribution < -0.4 is 0 Å². The summed E-state index contributed by atoms with van der Waals surface area (Å²) in [5.41, 5.74) is 0. The van der Waals surface area contributed by atoms with E-state index in [1.165, 1.54) is 14.2 Å². The average molecular weight is 202 g/mol. The van der Waals surface area contributed by atoms with Crippen LogP contribution in [0.4, 0.5) is 13.2 Å². The van der Waals surface area contributed by atoms with Gasteiger partial charge in [0.1, 0.15) is 0 Å². The van der Waals surface area contributed by atoms with Gasteiger partial charge in [0.2, 0.25) is 0 Å². The van der Waals surface area contributed by atoms with Gasteiger partial charge in [0, 0.05) is 14.2 Å². The van der Waals surface area contributed by atoms with Gasteiger partial charge in [-0.05, 0) is 6.04 Å². The first-order valence-corrected chi connectivity index (χ1v) is 5.30. The van der Waals surface area contributed by atoms with Crippen LogP contribution in [0.3, 0.4) is 0 Å². The fourth-order valence-corrected chi connectivity index (χ4v) is 2.13. The molecule has 0 aromatic carbocycles. The van der Waals surface area contributed by atoms with Crippen molar-refractivity contribution in [2.75, 3.05) is 14.2 Å². The predicted molar refractivity (Wildman–Crippen MR) is 41.2 cm³/mol. The summed E-state index contributed by atoms with van der Waals surface area (Å²) in [6.45, 7) is 1.14. The molecule has 0 aliphatic heterocycles.